The molecule has 0 spiro atoms. The van der Waals surface area contributed by atoms with Gasteiger partial charge in [-0.15, -0.1) is 0 Å². The summed E-state index contributed by atoms with van der Waals surface area (Å²) in [6.45, 7) is 7.65. The number of ether oxygens (including phenoxy) is 1. The minimum absolute atomic E-state index is 0.0287. The Kier molecular flexibility index (Phi) is 5.36. The van der Waals surface area contributed by atoms with Gasteiger partial charge in [0.1, 0.15) is 18.2 Å². The highest BCUT2D eigenvalue weighted by molar-refractivity contribution is 5.20. The van der Waals surface area contributed by atoms with Gasteiger partial charge in [-0.1, -0.05) is 20.8 Å². The molecule has 4 nitrogen and oxygen atoms in total. The van der Waals surface area contributed by atoms with Crippen molar-refractivity contribution in [3.63, 3.8) is 0 Å². The average Bonchev–Trinajstić information content (AvgIpc) is 2.78. The number of nitrogens with one attached hydrogen (secondary N) is 1. The fourth-order valence-corrected chi connectivity index (χ4v) is 2.19. The van der Waals surface area contributed by atoms with E-state index in [1.165, 1.54) is 12.1 Å². The summed E-state index contributed by atoms with van der Waals surface area (Å²) < 4.78 is 34.2. The molecule has 0 saturated carbocycles. The predicted molar refractivity (Wildman–Crippen MR) is 85.1 cm³/mol. The van der Waals surface area contributed by atoms with Gasteiger partial charge < -0.3 is 10.1 Å². The first-order chi connectivity index (χ1) is 10.8. The summed E-state index contributed by atoms with van der Waals surface area (Å²) in [7, 11) is 1.84. The molecule has 1 heterocycles. The van der Waals surface area contributed by atoms with Crippen molar-refractivity contribution in [2.45, 2.75) is 40.5 Å². The van der Waals surface area contributed by atoms with Gasteiger partial charge in [-0.3, -0.25) is 0 Å². The summed E-state index contributed by atoms with van der Waals surface area (Å²) in [5.41, 5.74) is 1.19. The first-order valence-electron chi connectivity index (χ1n) is 7.56. The molecular weight excluding hydrogens is 300 g/mol. The van der Waals surface area contributed by atoms with Gasteiger partial charge in [0.15, 0.2) is 0 Å². The summed E-state index contributed by atoms with van der Waals surface area (Å²) in [6, 6.07) is 5.31. The van der Waals surface area contributed by atoms with Crippen LogP contribution in [0.3, 0.4) is 0 Å². The van der Waals surface area contributed by atoms with Crippen molar-refractivity contribution in [3.8, 4) is 5.88 Å². The van der Waals surface area contributed by atoms with Gasteiger partial charge in [-0.25, -0.2) is 13.5 Å². The monoisotopic (exact) mass is 323 g/mol. The van der Waals surface area contributed by atoms with Crippen molar-refractivity contribution >= 4 is 0 Å². The minimum atomic E-state index is -0.609. The van der Waals surface area contributed by atoms with Crippen molar-refractivity contribution in [1.29, 1.82) is 0 Å². The molecule has 0 bridgehead atoms. The Bertz CT molecular complexity index is 662. The molecule has 2 aromatic rings. The van der Waals surface area contributed by atoms with Crippen LogP contribution in [0, 0.1) is 17.0 Å². The Labute approximate surface area is 135 Å². The van der Waals surface area contributed by atoms with Crippen LogP contribution in [-0.2, 0) is 19.7 Å². The van der Waals surface area contributed by atoms with Crippen molar-refractivity contribution in [1.82, 2.24) is 15.1 Å². The lowest BCUT2D eigenvalue weighted by Gasteiger charge is -2.19. The lowest BCUT2D eigenvalue weighted by molar-refractivity contribution is 0.239. The summed E-state index contributed by atoms with van der Waals surface area (Å²) in [6.07, 6.45) is 0. The van der Waals surface area contributed by atoms with E-state index in [1.807, 2.05) is 13.1 Å². The predicted octanol–water partition coefficient (Wildman–Crippen LogP) is 3.51. The number of rotatable bonds is 6. The van der Waals surface area contributed by atoms with Gasteiger partial charge in [-0.2, -0.15) is 5.10 Å². The van der Waals surface area contributed by atoms with Crippen LogP contribution in [-0.4, -0.2) is 16.8 Å². The van der Waals surface area contributed by atoms with Gasteiger partial charge in [0.2, 0.25) is 5.88 Å². The van der Waals surface area contributed by atoms with Gasteiger partial charge in [0.25, 0.3) is 0 Å². The second-order valence-corrected chi connectivity index (χ2v) is 6.75. The van der Waals surface area contributed by atoms with E-state index in [9.17, 15) is 8.78 Å². The second kappa shape index (κ2) is 7.08. The van der Waals surface area contributed by atoms with Gasteiger partial charge >= 0.3 is 0 Å². The normalized spacial score (nSPS) is 11.7. The summed E-state index contributed by atoms with van der Waals surface area (Å²) in [5, 5.41) is 7.55. The molecule has 0 unspecified atom stereocenters. The molecule has 0 aliphatic heterocycles. The number of benzene rings is 1. The van der Waals surface area contributed by atoms with Crippen molar-refractivity contribution < 1.29 is 13.5 Å². The Morgan fingerprint density at radius 3 is 2.57 bits per heavy atom. The highest BCUT2D eigenvalue weighted by atomic mass is 19.1. The van der Waals surface area contributed by atoms with Crippen LogP contribution < -0.4 is 10.1 Å². The molecule has 0 aliphatic carbocycles. The van der Waals surface area contributed by atoms with E-state index in [4.69, 9.17) is 4.74 Å². The molecule has 1 aromatic carbocycles. The van der Waals surface area contributed by atoms with Crippen LogP contribution in [0.4, 0.5) is 8.78 Å². The quantitative estimate of drug-likeness (QED) is 0.884. The van der Waals surface area contributed by atoms with E-state index >= 15 is 0 Å². The number of hydrogen-bond donors (Lipinski definition) is 1. The highest BCUT2D eigenvalue weighted by Gasteiger charge is 2.17. The average molecular weight is 323 g/mol. The molecule has 1 N–H and O–H groups in total. The van der Waals surface area contributed by atoms with E-state index in [1.54, 1.807) is 4.68 Å². The molecule has 1 aromatic heterocycles. The van der Waals surface area contributed by atoms with E-state index in [0.29, 0.717) is 24.5 Å². The third-order valence-corrected chi connectivity index (χ3v) is 3.17. The van der Waals surface area contributed by atoms with Crippen LogP contribution in [0.1, 0.15) is 32.0 Å². The maximum Gasteiger partial charge on any atom is 0.212 e. The molecule has 23 heavy (non-hydrogen) atoms. The molecule has 2 rings (SSSR count). The van der Waals surface area contributed by atoms with E-state index in [0.717, 1.165) is 11.8 Å². The summed E-state index contributed by atoms with van der Waals surface area (Å²) >= 11 is 0. The van der Waals surface area contributed by atoms with E-state index < -0.39 is 11.6 Å². The molecule has 126 valence electrons. The molecular formula is C17H23F2N3O. The third-order valence-electron chi connectivity index (χ3n) is 3.17. The molecule has 0 fully saturated rings. The zero-order valence-electron chi connectivity index (χ0n) is 14.0. The first kappa shape index (κ1) is 17.4. The Morgan fingerprint density at radius 2 is 1.96 bits per heavy atom. The fourth-order valence-electron chi connectivity index (χ4n) is 2.19. The zero-order chi connectivity index (χ0) is 17.0. The maximum atomic E-state index is 13.7. The van der Waals surface area contributed by atoms with Crippen molar-refractivity contribution in [3.05, 3.63) is 47.2 Å². The fraction of sp³-hybridized carbons (Fsp3) is 0.471. The summed E-state index contributed by atoms with van der Waals surface area (Å²) in [5.74, 6) is -0.628. The standard InChI is InChI=1S/C17H23F2N3O/c1-17(2,3)11-22-16(8-14(21-22)9-20-4)23-10-12-5-6-13(18)7-15(12)19/h5-8,20H,9-11H2,1-4H3. The Morgan fingerprint density at radius 1 is 1.22 bits per heavy atom. The second-order valence-electron chi connectivity index (χ2n) is 6.75. The molecule has 0 radical (unpaired) electrons. The van der Waals surface area contributed by atoms with Gasteiger partial charge in [-0.05, 0) is 24.6 Å². The third kappa shape index (κ3) is 5.03. The SMILES string of the molecule is CNCc1cc(OCc2ccc(F)cc2F)n(CC(C)(C)C)n1. The molecule has 0 aliphatic rings. The maximum absolute atomic E-state index is 13.7. The van der Waals surface area contributed by atoms with Crippen LogP contribution in [0.15, 0.2) is 24.3 Å². The lowest BCUT2D eigenvalue weighted by atomic mass is 9.97. The number of aromatic nitrogens is 2. The van der Waals surface area contributed by atoms with Gasteiger partial charge in [0, 0.05) is 30.8 Å². The topological polar surface area (TPSA) is 39.1 Å². The number of nitrogens with zero attached hydrogens (tertiary/aromatic N) is 2. The minimum Gasteiger partial charge on any atom is -0.473 e. The molecule has 0 atom stereocenters. The Balaban J connectivity index is 2.16. The van der Waals surface area contributed by atoms with Crippen LogP contribution >= 0.6 is 0 Å². The largest absolute Gasteiger partial charge is 0.473 e. The molecule has 6 heteroatoms. The van der Waals surface area contributed by atoms with Crippen LogP contribution in [0.25, 0.3) is 0 Å². The number of halogens is 2. The van der Waals surface area contributed by atoms with E-state index in [-0.39, 0.29) is 12.0 Å². The molecule has 0 saturated heterocycles. The van der Waals surface area contributed by atoms with E-state index in [2.05, 4.69) is 31.2 Å². The highest BCUT2D eigenvalue weighted by Crippen LogP contribution is 2.23. The molecule has 0 amide bonds. The number of hydrogen-bond acceptors (Lipinski definition) is 3. The van der Waals surface area contributed by atoms with Crippen molar-refractivity contribution in [2.75, 3.05) is 7.05 Å². The van der Waals surface area contributed by atoms with Gasteiger partial charge in [0.05, 0.1) is 5.69 Å². The van der Waals surface area contributed by atoms with Crippen LogP contribution in [0.5, 0.6) is 5.88 Å². The lowest BCUT2D eigenvalue weighted by Crippen LogP contribution is -2.18. The summed E-state index contributed by atoms with van der Waals surface area (Å²) in [4.78, 5) is 0. The smallest absolute Gasteiger partial charge is 0.212 e. The first-order valence-corrected chi connectivity index (χ1v) is 7.56. The zero-order valence-corrected chi connectivity index (χ0v) is 14.0. The van der Waals surface area contributed by atoms with Crippen molar-refractivity contribution in [2.24, 2.45) is 5.41 Å². The Hall–Kier alpha value is -1.95. The van der Waals surface area contributed by atoms with Crippen LogP contribution in [0.2, 0.25) is 0 Å².